The lowest BCUT2D eigenvalue weighted by atomic mass is 10.3. The van der Waals surface area contributed by atoms with Gasteiger partial charge < -0.3 is 15.4 Å². The number of nitrogens with one attached hydrogen (secondary N) is 2. The van der Waals surface area contributed by atoms with Gasteiger partial charge in [-0.1, -0.05) is 11.6 Å². The van der Waals surface area contributed by atoms with Crippen LogP contribution in [-0.2, 0) is 4.79 Å². The summed E-state index contributed by atoms with van der Waals surface area (Å²) in [5.41, 5.74) is 0.449. The molecule has 0 unspecified atom stereocenters. The Morgan fingerprint density at radius 3 is 2.95 bits per heavy atom. The van der Waals surface area contributed by atoms with Gasteiger partial charge >= 0.3 is 6.61 Å². The monoisotopic (exact) mass is 333 g/mol. The Bertz CT molecular complexity index is 509. The summed E-state index contributed by atoms with van der Waals surface area (Å²) in [7, 11) is 0. The third-order valence-corrected chi connectivity index (χ3v) is 3.53. The van der Waals surface area contributed by atoms with Crippen molar-refractivity contribution in [2.24, 2.45) is 0 Å². The topological polar surface area (TPSA) is 53.6 Å². The van der Waals surface area contributed by atoms with Crippen LogP contribution in [0.4, 0.5) is 14.5 Å². The maximum atomic E-state index is 12.1. The average molecular weight is 334 g/mol. The first-order valence-corrected chi connectivity index (χ1v) is 7.39. The Kier molecular flexibility index (Phi) is 6.35. The first-order chi connectivity index (χ1) is 10.5. The predicted octanol–water partition coefficient (Wildman–Crippen LogP) is 2.18. The van der Waals surface area contributed by atoms with E-state index in [0.29, 0.717) is 5.69 Å². The van der Waals surface area contributed by atoms with Crippen molar-refractivity contribution in [2.45, 2.75) is 13.0 Å². The van der Waals surface area contributed by atoms with Gasteiger partial charge in [0, 0.05) is 18.8 Å². The van der Waals surface area contributed by atoms with Crippen molar-refractivity contribution < 1.29 is 18.3 Å². The highest BCUT2D eigenvalue weighted by atomic mass is 35.5. The molecule has 0 bridgehead atoms. The Morgan fingerprint density at radius 1 is 1.41 bits per heavy atom. The minimum atomic E-state index is -2.94. The van der Waals surface area contributed by atoms with Gasteiger partial charge in [-0.3, -0.25) is 9.69 Å². The zero-order valence-electron chi connectivity index (χ0n) is 11.9. The Hall–Kier alpha value is -1.44. The van der Waals surface area contributed by atoms with Crippen LogP contribution in [0, 0.1) is 0 Å². The molecule has 0 aliphatic carbocycles. The molecule has 0 aromatic heterocycles. The maximum absolute atomic E-state index is 12.1. The highest BCUT2D eigenvalue weighted by Gasteiger charge is 2.14. The molecule has 1 saturated heterocycles. The molecule has 122 valence electrons. The number of anilines is 1. The molecule has 1 aliphatic rings. The summed E-state index contributed by atoms with van der Waals surface area (Å²) < 4.78 is 28.5. The van der Waals surface area contributed by atoms with Crippen molar-refractivity contribution in [2.75, 3.05) is 38.0 Å². The lowest BCUT2D eigenvalue weighted by molar-refractivity contribution is -0.117. The highest BCUT2D eigenvalue weighted by molar-refractivity contribution is 6.32. The Labute approximate surface area is 132 Å². The molecule has 5 nitrogen and oxygen atoms in total. The number of carbonyl (C=O) groups excluding carboxylic acids is 1. The second-order valence-corrected chi connectivity index (χ2v) is 5.36. The van der Waals surface area contributed by atoms with Gasteiger partial charge in [-0.05, 0) is 37.7 Å². The number of ether oxygens (including phenoxy) is 1. The van der Waals surface area contributed by atoms with E-state index in [0.717, 1.165) is 32.6 Å². The average Bonchev–Trinajstić information content (AvgIpc) is 2.70. The van der Waals surface area contributed by atoms with Crippen LogP contribution in [0.2, 0.25) is 5.02 Å². The number of hydrogen-bond donors (Lipinski definition) is 2. The van der Waals surface area contributed by atoms with E-state index in [4.69, 9.17) is 11.6 Å². The standard InChI is InChI=1S/C14H18ClF2N3O2/c15-11-8-10(2-3-12(11)22-14(16)17)19-13(21)9-20-6-1-4-18-5-7-20/h2-3,8,14,18H,1,4-7,9H2,(H,19,21). The van der Waals surface area contributed by atoms with Crippen molar-refractivity contribution in [3.05, 3.63) is 23.2 Å². The maximum Gasteiger partial charge on any atom is 0.387 e. The number of nitrogens with zero attached hydrogens (tertiary/aromatic N) is 1. The highest BCUT2D eigenvalue weighted by Crippen LogP contribution is 2.28. The van der Waals surface area contributed by atoms with Crippen molar-refractivity contribution in [1.29, 1.82) is 0 Å². The number of amides is 1. The van der Waals surface area contributed by atoms with Gasteiger partial charge in [0.05, 0.1) is 11.6 Å². The van der Waals surface area contributed by atoms with E-state index in [9.17, 15) is 13.6 Å². The van der Waals surface area contributed by atoms with Gasteiger partial charge in [0.15, 0.2) is 0 Å². The first-order valence-electron chi connectivity index (χ1n) is 7.02. The summed E-state index contributed by atoms with van der Waals surface area (Å²) in [5, 5.41) is 5.99. The van der Waals surface area contributed by atoms with E-state index in [-0.39, 0.29) is 23.2 Å². The molecule has 8 heteroatoms. The summed E-state index contributed by atoms with van der Waals surface area (Å²) in [6.07, 6.45) is 0.999. The summed E-state index contributed by atoms with van der Waals surface area (Å²) in [5.74, 6) is -0.284. The molecule has 22 heavy (non-hydrogen) atoms. The minimum Gasteiger partial charge on any atom is -0.433 e. The largest absolute Gasteiger partial charge is 0.433 e. The number of carbonyl (C=O) groups is 1. The van der Waals surface area contributed by atoms with E-state index in [1.54, 1.807) is 0 Å². The quantitative estimate of drug-likeness (QED) is 0.867. The molecule has 1 heterocycles. The second-order valence-electron chi connectivity index (χ2n) is 4.95. The fourth-order valence-electron chi connectivity index (χ4n) is 2.23. The molecule has 1 amide bonds. The number of hydrogen-bond acceptors (Lipinski definition) is 4. The fourth-order valence-corrected chi connectivity index (χ4v) is 2.46. The van der Waals surface area contributed by atoms with E-state index in [1.807, 2.05) is 0 Å². The molecule has 1 fully saturated rings. The number of rotatable bonds is 5. The molecule has 1 aromatic rings. The first kappa shape index (κ1) is 16.9. The Morgan fingerprint density at radius 2 is 2.23 bits per heavy atom. The van der Waals surface area contributed by atoms with Crippen LogP contribution in [-0.4, -0.2) is 50.1 Å². The predicted molar refractivity (Wildman–Crippen MR) is 80.6 cm³/mol. The molecular formula is C14H18ClF2N3O2. The van der Waals surface area contributed by atoms with Crippen molar-refractivity contribution in [3.8, 4) is 5.75 Å². The molecule has 0 saturated carbocycles. The number of halogens is 3. The fraction of sp³-hybridized carbons (Fsp3) is 0.500. The molecule has 2 N–H and O–H groups in total. The third kappa shape index (κ3) is 5.40. The van der Waals surface area contributed by atoms with E-state index < -0.39 is 6.61 Å². The van der Waals surface area contributed by atoms with Gasteiger partial charge in [0.2, 0.25) is 5.91 Å². The lowest BCUT2D eigenvalue weighted by Crippen LogP contribution is -2.35. The van der Waals surface area contributed by atoms with E-state index >= 15 is 0 Å². The number of alkyl halides is 2. The van der Waals surface area contributed by atoms with Gasteiger partial charge in [-0.15, -0.1) is 0 Å². The molecule has 1 aliphatic heterocycles. The smallest absolute Gasteiger partial charge is 0.387 e. The van der Waals surface area contributed by atoms with Gasteiger partial charge in [-0.2, -0.15) is 8.78 Å². The molecule has 0 spiro atoms. The van der Waals surface area contributed by atoms with Crippen molar-refractivity contribution >= 4 is 23.2 Å². The van der Waals surface area contributed by atoms with Gasteiger partial charge in [0.25, 0.3) is 0 Å². The molecular weight excluding hydrogens is 316 g/mol. The zero-order valence-corrected chi connectivity index (χ0v) is 12.7. The molecule has 0 radical (unpaired) electrons. The third-order valence-electron chi connectivity index (χ3n) is 3.23. The van der Waals surface area contributed by atoms with Gasteiger partial charge in [0.1, 0.15) is 5.75 Å². The van der Waals surface area contributed by atoms with Crippen LogP contribution in [0.15, 0.2) is 18.2 Å². The second kappa shape index (κ2) is 8.26. The molecule has 1 aromatic carbocycles. The summed E-state index contributed by atoms with van der Waals surface area (Å²) in [6.45, 7) is 0.847. The van der Waals surface area contributed by atoms with E-state index in [2.05, 4.69) is 20.3 Å². The van der Waals surface area contributed by atoms with Crippen LogP contribution in [0.1, 0.15) is 6.42 Å². The molecule has 2 rings (SSSR count). The van der Waals surface area contributed by atoms with Crippen molar-refractivity contribution in [3.63, 3.8) is 0 Å². The van der Waals surface area contributed by atoms with Gasteiger partial charge in [-0.25, -0.2) is 0 Å². The van der Waals surface area contributed by atoms with Crippen LogP contribution >= 0.6 is 11.6 Å². The van der Waals surface area contributed by atoms with Crippen LogP contribution < -0.4 is 15.4 Å². The summed E-state index contributed by atoms with van der Waals surface area (Å²) in [6, 6.07) is 4.17. The minimum absolute atomic E-state index is 0.0251. The van der Waals surface area contributed by atoms with Crippen LogP contribution in [0.25, 0.3) is 0 Å². The molecule has 0 atom stereocenters. The summed E-state index contributed by atoms with van der Waals surface area (Å²) in [4.78, 5) is 14.1. The zero-order chi connectivity index (χ0) is 15.9. The van der Waals surface area contributed by atoms with E-state index in [1.165, 1.54) is 18.2 Å². The lowest BCUT2D eigenvalue weighted by Gasteiger charge is -2.18. The normalized spacial score (nSPS) is 16.4. The summed E-state index contributed by atoms with van der Waals surface area (Å²) >= 11 is 5.84. The Balaban J connectivity index is 1.89. The SMILES string of the molecule is O=C(CN1CCCNCC1)Nc1ccc(OC(F)F)c(Cl)c1. The van der Waals surface area contributed by atoms with Crippen molar-refractivity contribution in [1.82, 2.24) is 10.2 Å². The van der Waals surface area contributed by atoms with Crippen LogP contribution in [0.5, 0.6) is 5.75 Å². The number of benzene rings is 1. The van der Waals surface area contributed by atoms with Crippen LogP contribution in [0.3, 0.4) is 0 Å².